The van der Waals surface area contributed by atoms with E-state index in [1.165, 1.54) is 19.3 Å². The van der Waals surface area contributed by atoms with E-state index >= 15 is 0 Å². The molecule has 0 aromatic heterocycles. The van der Waals surface area contributed by atoms with Gasteiger partial charge in [-0.1, -0.05) is 37.5 Å². The molecule has 2 rings (SSSR count). The predicted octanol–water partition coefficient (Wildman–Crippen LogP) is 2.90. The summed E-state index contributed by atoms with van der Waals surface area (Å²) in [5.74, 6) is 0. The third-order valence-corrected chi connectivity index (χ3v) is 3.21. The van der Waals surface area contributed by atoms with E-state index in [9.17, 15) is 4.79 Å². The number of nitrogens with two attached hydrogens (primary N) is 1. The highest BCUT2D eigenvalue weighted by atomic mass is 16.2. The van der Waals surface area contributed by atoms with Crippen molar-refractivity contribution in [2.24, 2.45) is 5.73 Å². The van der Waals surface area contributed by atoms with Crippen LogP contribution in [0.25, 0.3) is 0 Å². The second-order valence-corrected chi connectivity index (χ2v) is 4.34. The van der Waals surface area contributed by atoms with E-state index in [1.54, 1.807) is 4.90 Å². The lowest BCUT2D eigenvalue weighted by Crippen LogP contribution is -2.44. The highest BCUT2D eigenvalue weighted by Gasteiger charge is 2.24. The highest BCUT2D eigenvalue weighted by molar-refractivity contribution is 5.91. The van der Waals surface area contributed by atoms with Crippen LogP contribution in [0.3, 0.4) is 0 Å². The highest BCUT2D eigenvalue weighted by Crippen LogP contribution is 2.26. The molecule has 16 heavy (non-hydrogen) atoms. The standard InChI is InChI=1S/C13H18N2O/c14-13(16)15(11-7-3-1-4-8-11)12-9-5-2-6-10-12/h1,3-4,7-8,12H,2,5-6,9-10H2,(H2,14,16). The van der Waals surface area contributed by atoms with Crippen LogP contribution in [-0.2, 0) is 0 Å². The Kier molecular flexibility index (Phi) is 3.44. The molecular weight excluding hydrogens is 200 g/mol. The number of carbonyl (C=O) groups is 1. The maximum absolute atomic E-state index is 11.5. The average Bonchev–Trinajstić information content (AvgIpc) is 2.31. The van der Waals surface area contributed by atoms with Gasteiger partial charge in [-0.25, -0.2) is 4.79 Å². The van der Waals surface area contributed by atoms with E-state index in [1.807, 2.05) is 30.3 Å². The van der Waals surface area contributed by atoms with Crippen molar-refractivity contribution in [1.29, 1.82) is 0 Å². The van der Waals surface area contributed by atoms with Crippen molar-refractivity contribution >= 4 is 11.7 Å². The van der Waals surface area contributed by atoms with Crippen LogP contribution < -0.4 is 10.6 Å². The Hall–Kier alpha value is -1.51. The maximum Gasteiger partial charge on any atom is 0.319 e. The molecule has 1 aromatic carbocycles. The number of para-hydroxylation sites is 1. The maximum atomic E-state index is 11.5. The Labute approximate surface area is 96.2 Å². The fourth-order valence-electron chi connectivity index (χ4n) is 2.45. The second-order valence-electron chi connectivity index (χ2n) is 4.34. The van der Waals surface area contributed by atoms with Gasteiger partial charge in [-0.15, -0.1) is 0 Å². The van der Waals surface area contributed by atoms with Gasteiger partial charge in [-0.3, -0.25) is 4.90 Å². The molecule has 86 valence electrons. The minimum atomic E-state index is -0.335. The van der Waals surface area contributed by atoms with Crippen LogP contribution in [-0.4, -0.2) is 12.1 Å². The summed E-state index contributed by atoms with van der Waals surface area (Å²) in [5, 5.41) is 0. The van der Waals surface area contributed by atoms with E-state index in [0.717, 1.165) is 18.5 Å². The molecule has 3 heteroatoms. The van der Waals surface area contributed by atoms with Gasteiger partial charge in [0.1, 0.15) is 0 Å². The minimum Gasteiger partial charge on any atom is -0.351 e. The number of nitrogens with zero attached hydrogens (tertiary/aromatic N) is 1. The molecule has 0 spiro atoms. The summed E-state index contributed by atoms with van der Waals surface area (Å²) >= 11 is 0. The molecule has 1 fully saturated rings. The molecule has 0 saturated heterocycles. The summed E-state index contributed by atoms with van der Waals surface area (Å²) in [5.41, 5.74) is 6.40. The molecule has 0 atom stereocenters. The second kappa shape index (κ2) is 5.01. The van der Waals surface area contributed by atoms with Crippen molar-refractivity contribution in [2.45, 2.75) is 38.1 Å². The SMILES string of the molecule is NC(=O)N(c1ccccc1)C1CCCCC1. The lowest BCUT2D eigenvalue weighted by Gasteiger charge is -2.33. The summed E-state index contributed by atoms with van der Waals surface area (Å²) in [6, 6.07) is 9.66. The number of anilines is 1. The van der Waals surface area contributed by atoms with Gasteiger partial charge in [0.05, 0.1) is 0 Å². The van der Waals surface area contributed by atoms with Gasteiger partial charge < -0.3 is 5.73 Å². The van der Waals surface area contributed by atoms with E-state index in [-0.39, 0.29) is 12.1 Å². The van der Waals surface area contributed by atoms with Crippen molar-refractivity contribution in [2.75, 3.05) is 4.90 Å². The molecular formula is C13H18N2O. The summed E-state index contributed by atoms with van der Waals surface area (Å²) in [4.78, 5) is 13.3. The van der Waals surface area contributed by atoms with Crippen LogP contribution in [0.15, 0.2) is 30.3 Å². The fourth-order valence-corrected chi connectivity index (χ4v) is 2.45. The van der Waals surface area contributed by atoms with E-state index in [4.69, 9.17) is 5.73 Å². The zero-order valence-corrected chi connectivity index (χ0v) is 9.43. The topological polar surface area (TPSA) is 46.3 Å². The summed E-state index contributed by atoms with van der Waals surface area (Å²) in [6.07, 6.45) is 5.80. The lowest BCUT2D eigenvalue weighted by atomic mass is 9.94. The zero-order valence-electron chi connectivity index (χ0n) is 9.43. The largest absolute Gasteiger partial charge is 0.351 e. The van der Waals surface area contributed by atoms with Gasteiger partial charge in [0.15, 0.2) is 0 Å². The van der Waals surface area contributed by atoms with E-state index in [2.05, 4.69) is 0 Å². The number of primary amides is 1. The van der Waals surface area contributed by atoms with Gasteiger partial charge in [0.25, 0.3) is 0 Å². The molecule has 1 aromatic rings. The van der Waals surface area contributed by atoms with Gasteiger partial charge in [0.2, 0.25) is 0 Å². The number of hydrogen-bond acceptors (Lipinski definition) is 1. The number of carbonyl (C=O) groups excluding carboxylic acids is 1. The Morgan fingerprint density at radius 2 is 1.75 bits per heavy atom. The van der Waals surface area contributed by atoms with Crippen molar-refractivity contribution in [1.82, 2.24) is 0 Å². The molecule has 0 bridgehead atoms. The third-order valence-electron chi connectivity index (χ3n) is 3.21. The number of urea groups is 1. The molecule has 1 aliphatic carbocycles. The molecule has 1 aliphatic rings. The summed E-state index contributed by atoms with van der Waals surface area (Å²) in [6.45, 7) is 0. The van der Waals surface area contributed by atoms with Crippen molar-refractivity contribution in [3.63, 3.8) is 0 Å². The van der Waals surface area contributed by atoms with Crippen molar-refractivity contribution in [3.05, 3.63) is 30.3 Å². The molecule has 0 heterocycles. The number of benzene rings is 1. The Balaban J connectivity index is 2.20. The van der Waals surface area contributed by atoms with Gasteiger partial charge in [-0.05, 0) is 25.0 Å². The van der Waals surface area contributed by atoms with Crippen LogP contribution >= 0.6 is 0 Å². The zero-order chi connectivity index (χ0) is 11.4. The Bertz CT molecular complexity index is 344. The van der Waals surface area contributed by atoms with Crippen LogP contribution in [0, 0.1) is 0 Å². The molecule has 0 aliphatic heterocycles. The smallest absolute Gasteiger partial charge is 0.319 e. The first-order chi connectivity index (χ1) is 7.79. The first-order valence-electron chi connectivity index (χ1n) is 5.93. The number of amides is 2. The Morgan fingerprint density at radius 1 is 1.12 bits per heavy atom. The quantitative estimate of drug-likeness (QED) is 0.815. The van der Waals surface area contributed by atoms with Gasteiger partial charge in [0, 0.05) is 11.7 Å². The normalized spacial score (nSPS) is 17.0. The molecule has 0 unspecified atom stereocenters. The summed E-state index contributed by atoms with van der Waals surface area (Å²) in [7, 11) is 0. The fraction of sp³-hybridized carbons (Fsp3) is 0.462. The van der Waals surface area contributed by atoms with Crippen LogP contribution in [0.4, 0.5) is 10.5 Å². The molecule has 3 nitrogen and oxygen atoms in total. The van der Waals surface area contributed by atoms with Gasteiger partial charge >= 0.3 is 6.03 Å². The van der Waals surface area contributed by atoms with Crippen molar-refractivity contribution in [3.8, 4) is 0 Å². The number of rotatable bonds is 2. The monoisotopic (exact) mass is 218 g/mol. The third kappa shape index (κ3) is 2.35. The van der Waals surface area contributed by atoms with E-state index < -0.39 is 0 Å². The van der Waals surface area contributed by atoms with Crippen LogP contribution in [0.5, 0.6) is 0 Å². The number of hydrogen-bond donors (Lipinski definition) is 1. The van der Waals surface area contributed by atoms with Crippen LogP contribution in [0.1, 0.15) is 32.1 Å². The lowest BCUT2D eigenvalue weighted by molar-refractivity contribution is 0.249. The average molecular weight is 218 g/mol. The predicted molar refractivity (Wildman–Crippen MR) is 65.4 cm³/mol. The molecule has 0 radical (unpaired) electrons. The Morgan fingerprint density at radius 3 is 2.31 bits per heavy atom. The first-order valence-corrected chi connectivity index (χ1v) is 5.93. The summed E-state index contributed by atoms with van der Waals surface area (Å²) < 4.78 is 0. The van der Waals surface area contributed by atoms with E-state index in [0.29, 0.717) is 0 Å². The van der Waals surface area contributed by atoms with Gasteiger partial charge in [-0.2, -0.15) is 0 Å². The molecule has 1 saturated carbocycles. The minimum absolute atomic E-state index is 0.286. The van der Waals surface area contributed by atoms with Crippen molar-refractivity contribution < 1.29 is 4.79 Å². The van der Waals surface area contributed by atoms with Crippen LogP contribution in [0.2, 0.25) is 0 Å². The molecule has 2 N–H and O–H groups in total. The molecule has 2 amide bonds. The first kappa shape index (κ1) is 11.0.